The number of nitro groups is 1. The second kappa shape index (κ2) is 9.96. The van der Waals surface area contributed by atoms with Gasteiger partial charge < -0.3 is 15.3 Å². The van der Waals surface area contributed by atoms with Crippen LogP contribution < -0.4 is 5.32 Å². The highest BCUT2D eigenvalue weighted by Gasteiger charge is 2.16. The van der Waals surface area contributed by atoms with Crippen LogP contribution in [0.25, 0.3) is 0 Å². The van der Waals surface area contributed by atoms with Crippen molar-refractivity contribution in [2.24, 2.45) is 5.16 Å². The molecule has 25 heavy (non-hydrogen) atoms. The van der Waals surface area contributed by atoms with Crippen LogP contribution in [-0.4, -0.2) is 39.4 Å². The van der Waals surface area contributed by atoms with Crippen molar-refractivity contribution in [2.45, 2.75) is 39.5 Å². The van der Waals surface area contributed by atoms with E-state index in [9.17, 15) is 19.7 Å². The number of carbonyl (C=O) groups excluding carboxylic acids is 2. The molecule has 10 nitrogen and oxygen atoms in total. The van der Waals surface area contributed by atoms with Crippen molar-refractivity contribution in [2.75, 3.05) is 6.61 Å². The van der Waals surface area contributed by atoms with E-state index >= 15 is 0 Å². The van der Waals surface area contributed by atoms with Crippen LogP contribution >= 0.6 is 0 Å². The Balaban J connectivity index is 2.57. The fourth-order valence-electron chi connectivity index (χ4n) is 2.02. The molecule has 0 aliphatic heterocycles. The summed E-state index contributed by atoms with van der Waals surface area (Å²) in [5, 5.41) is 25.2. The summed E-state index contributed by atoms with van der Waals surface area (Å²) in [4.78, 5) is 37.0. The van der Waals surface area contributed by atoms with Gasteiger partial charge in [-0.15, -0.1) is 0 Å². The number of esters is 1. The molecule has 1 rings (SSSR count). The van der Waals surface area contributed by atoms with E-state index in [1.165, 1.54) is 6.07 Å². The van der Waals surface area contributed by atoms with Gasteiger partial charge in [0.05, 0.1) is 11.5 Å². The third-order valence-corrected chi connectivity index (χ3v) is 3.20. The Morgan fingerprint density at radius 1 is 1.40 bits per heavy atom. The summed E-state index contributed by atoms with van der Waals surface area (Å²) in [7, 11) is 0. The number of nitrogens with zero attached hydrogens (tertiary/aromatic N) is 3. The summed E-state index contributed by atoms with van der Waals surface area (Å²) in [6, 6.07) is 1.26. The lowest BCUT2D eigenvalue weighted by molar-refractivity contribution is -0.385. The minimum Gasteiger partial charge on any atom is -0.466 e. The maximum atomic E-state index is 11.9. The number of rotatable bonds is 8. The van der Waals surface area contributed by atoms with Crippen molar-refractivity contribution in [3.05, 3.63) is 33.6 Å². The van der Waals surface area contributed by atoms with Crippen LogP contribution in [0.2, 0.25) is 0 Å². The Morgan fingerprint density at radius 2 is 2.08 bits per heavy atom. The Kier molecular flexibility index (Phi) is 7.97. The first-order valence-electron chi connectivity index (χ1n) is 7.68. The lowest BCUT2D eigenvalue weighted by atomic mass is 10.1. The quantitative estimate of drug-likeness (QED) is 0.138. The van der Waals surface area contributed by atoms with E-state index in [1.54, 1.807) is 13.8 Å². The topological polar surface area (TPSA) is 144 Å². The molecule has 10 heteroatoms. The average Bonchev–Trinajstić information content (AvgIpc) is 2.57. The average molecular weight is 352 g/mol. The standard InChI is InChI=1S/C15H20N4O6/c1-3-25-13(21)7-5-4-6-12(20)17-15(18-22)14-10(2)8-11(9-16-14)19(23)24/h8-9,22H,3-7H2,1-2H3,(H,17,18,20). The van der Waals surface area contributed by atoms with E-state index < -0.39 is 10.8 Å². The molecule has 2 N–H and O–H groups in total. The van der Waals surface area contributed by atoms with Crippen molar-refractivity contribution < 1.29 is 24.5 Å². The predicted octanol–water partition coefficient (Wildman–Crippen LogP) is 1.67. The number of amidine groups is 1. The summed E-state index contributed by atoms with van der Waals surface area (Å²) in [6.07, 6.45) is 2.30. The smallest absolute Gasteiger partial charge is 0.305 e. The summed E-state index contributed by atoms with van der Waals surface area (Å²) >= 11 is 0. The molecule has 0 saturated heterocycles. The number of nitrogens with one attached hydrogen (secondary N) is 1. The minimum atomic E-state index is -0.596. The Labute approximate surface area is 144 Å². The van der Waals surface area contributed by atoms with Gasteiger partial charge in [-0.05, 0) is 32.3 Å². The van der Waals surface area contributed by atoms with Gasteiger partial charge in [0.1, 0.15) is 11.9 Å². The van der Waals surface area contributed by atoms with Crippen LogP contribution in [0.1, 0.15) is 43.9 Å². The number of pyridine rings is 1. The third-order valence-electron chi connectivity index (χ3n) is 3.20. The van der Waals surface area contributed by atoms with E-state index in [0.29, 0.717) is 25.0 Å². The van der Waals surface area contributed by atoms with Gasteiger partial charge >= 0.3 is 5.97 Å². The number of aromatic nitrogens is 1. The first kappa shape index (κ1) is 20.0. The zero-order chi connectivity index (χ0) is 18.8. The maximum absolute atomic E-state index is 11.9. The van der Waals surface area contributed by atoms with E-state index in [-0.39, 0.29) is 36.0 Å². The molecular formula is C15H20N4O6. The molecule has 1 amide bonds. The van der Waals surface area contributed by atoms with Crippen molar-refractivity contribution in [1.29, 1.82) is 0 Å². The van der Waals surface area contributed by atoms with Gasteiger partial charge in [0.15, 0.2) is 5.84 Å². The zero-order valence-electron chi connectivity index (χ0n) is 14.0. The van der Waals surface area contributed by atoms with Gasteiger partial charge in [0.2, 0.25) is 5.91 Å². The molecule has 0 aromatic carbocycles. The van der Waals surface area contributed by atoms with Crippen molar-refractivity contribution in [3.8, 4) is 0 Å². The van der Waals surface area contributed by atoms with Gasteiger partial charge in [-0.1, -0.05) is 5.16 Å². The molecule has 0 saturated carbocycles. The van der Waals surface area contributed by atoms with Crippen molar-refractivity contribution in [1.82, 2.24) is 10.3 Å². The SMILES string of the molecule is CCOC(=O)CCCCC(=O)N/C(=N/O)c1ncc([N+](=O)[O-])cc1C. The molecule has 0 bridgehead atoms. The number of carbonyl (C=O) groups is 2. The molecule has 0 fully saturated rings. The predicted molar refractivity (Wildman–Crippen MR) is 87.2 cm³/mol. The van der Waals surface area contributed by atoms with E-state index in [4.69, 9.17) is 9.94 Å². The van der Waals surface area contributed by atoms with Crippen LogP contribution in [0, 0.1) is 17.0 Å². The second-order valence-corrected chi connectivity index (χ2v) is 5.13. The summed E-state index contributed by atoms with van der Waals surface area (Å²) in [6.45, 7) is 3.58. The number of amides is 1. The van der Waals surface area contributed by atoms with Crippen LogP contribution in [0.5, 0.6) is 0 Å². The second-order valence-electron chi connectivity index (χ2n) is 5.13. The largest absolute Gasteiger partial charge is 0.466 e. The van der Waals surface area contributed by atoms with Crippen molar-refractivity contribution in [3.63, 3.8) is 0 Å². The monoisotopic (exact) mass is 352 g/mol. The number of hydrogen-bond acceptors (Lipinski definition) is 8. The molecule has 136 valence electrons. The molecule has 0 atom stereocenters. The molecule has 0 aliphatic rings. The highest BCUT2D eigenvalue weighted by molar-refractivity contribution is 6.07. The number of hydrogen-bond donors (Lipinski definition) is 2. The van der Waals surface area contributed by atoms with E-state index in [0.717, 1.165) is 6.20 Å². The number of unbranched alkanes of at least 4 members (excludes halogenated alkanes) is 1. The number of oxime groups is 1. The summed E-state index contributed by atoms with van der Waals surface area (Å²) in [5.74, 6) is -0.926. The molecule has 1 heterocycles. The molecule has 0 spiro atoms. The van der Waals surface area contributed by atoms with Crippen LogP contribution in [0.3, 0.4) is 0 Å². The van der Waals surface area contributed by atoms with Crippen LogP contribution in [-0.2, 0) is 14.3 Å². The van der Waals surface area contributed by atoms with Crippen LogP contribution in [0.15, 0.2) is 17.4 Å². The molecule has 0 radical (unpaired) electrons. The molecule has 1 aromatic rings. The highest BCUT2D eigenvalue weighted by Crippen LogP contribution is 2.14. The minimum absolute atomic E-state index is 0.116. The fourth-order valence-corrected chi connectivity index (χ4v) is 2.02. The third kappa shape index (κ3) is 6.53. The molecule has 1 aromatic heterocycles. The van der Waals surface area contributed by atoms with Crippen molar-refractivity contribution >= 4 is 23.4 Å². The molecule has 0 unspecified atom stereocenters. The van der Waals surface area contributed by atoms with Gasteiger partial charge in [-0.25, -0.2) is 4.98 Å². The maximum Gasteiger partial charge on any atom is 0.305 e. The Morgan fingerprint density at radius 3 is 2.64 bits per heavy atom. The Hall–Kier alpha value is -3.04. The van der Waals surface area contributed by atoms with Gasteiger partial charge in [0.25, 0.3) is 5.69 Å². The normalized spacial score (nSPS) is 11.0. The molecular weight excluding hydrogens is 332 g/mol. The lowest BCUT2D eigenvalue weighted by Crippen LogP contribution is -2.32. The van der Waals surface area contributed by atoms with E-state index in [2.05, 4.69) is 15.5 Å². The summed E-state index contributed by atoms with van der Waals surface area (Å²) < 4.78 is 4.78. The first-order chi connectivity index (χ1) is 11.9. The molecule has 0 aliphatic carbocycles. The lowest BCUT2D eigenvalue weighted by Gasteiger charge is -2.08. The number of aryl methyl sites for hydroxylation is 1. The Bertz CT molecular complexity index is 674. The van der Waals surface area contributed by atoms with Gasteiger partial charge in [-0.3, -0.25) is 19.7 Å². The fraction of sp³-hybridized carbons (Fsp3) is 0.467. The first-order valence-corrected chi connectivity index (χ1v) is 7.68. The van der Waals surface area contributed by atoms with E-state index in [1.807, 2.05) is 0 Å². The van der Waals surface area contributed by atoms with Gasteiger partial charge in [0, 0.05) is 18.9 Å². The van der Waals surface area contributed by atoms with Crippen LogP contribution in [0.4, 0.5) is 5.69 Å². The number of ether oxygens (including phenoxy) is 1. The van der Waals surface area contributed by atoms with Gasteiger partial charge in [-0.2, -0.15) is 0 Å². The summed E-state index contributed by atoms with van der Waals surface area (Å²) in [5.41, 5.74) is 0.307. The zero-order valence-corrected chi connectivity index (χ0v) is 14.0. The highest BCUT2D eigenvalue weighted by atomic mass is 16.6.